The molecule has 60 heavy (non-hydrogen) atoms. The molecule has 332 valence electrons. The second-order valence-corrected chi connectivity index (χ2v) is 20.2. The fourth-order valence-electron chi connectivity index (χ4n) is 4.94. The minimum atomic E-state index is -0.279. The summed E-state index contributed by atoms with van der Waals surface area (Å²) in [6, 6.07) is 9.00. The van der Waals surface area contributed by atoms with Crippen molar-refractivity contribution in [2.24, 2.45) is 0 Å². The zero-order chi connectivity index (χ0) is 46.0. The Morgan fingerprint density at radius 1 is 0.583 bits per heavy atom. The van der Waals surface area contributed by atoms with Crippen LogP contribution >= 0.6 is 22.7 Å². The Labute approximate surface area is 371 Å². The summed E-state index contributed by atoms with van der Waals surface area (Å²) in [7, 11) is 0. The number of rotatable bonds is 10. The lowest BCUT2D eigenvalue weighted by Gasteiger charge is -2.08. The van der Waals surface area contributed by atoms with Crippen molar-refractivity contribution in [2.45, 2.75) is 198 Å². The lowest BCUT2D eigenvalue weighted by molar-refractivity contribution is 0.522. The maximum absolute atomic E-state index is 13.1. The summed E-state index contributed by atoms with van der Waals surface area (Å²) in [6.45, 7) is 42.2. The molecule has 9 nitrogen and oxygen atoms in total. The van der Waals surface area contributed by atoms with Gasteiger partial charge in [0, 0.05) is 40.6 Å². The molecule has 0 aliphatic carbocycles. The van der Waals surface area contributed by atoms with E-state index in [9.17, 15) is 4.39 Å². The van der Waals surface area contributed by atoms with Crippen LogP contribution in [0.1, 0.15) is 252 Å². The normalized spacial score (nSPS) is 11.2. The van der Waals surface area contributed by atoms with Gasteiger partial charge in [-0.05, 0) is 78.7 Å². The summed E-state index contributed by atoms with van der Waals surface area (Å²) in [5.41, 5.74) is 5.55. The molecule has 5 aromatic rings. The van der Waals surface area contributed by atoms with Crippen molar-refractivity contribution in [2.75, 3.05) is 0 Å². The predicted molar refractivity (Wildman–Crippen MR) is 252 cm³/mol. The van der Waals surface area contributed by atoms with E-state index >= 15 is 0 Å². The summed E-state index contributed by atoms with van der Waals surface area (Å²) in [5.74, 6) is 4.62. The van der Waals surface area contributed by atoms with Crippen molar-refractivity contribution in [1.29, 1.82) is 5.26 Å². The molecule has 5 rings (SSSR count). The van der Waals surface area contributed by atoms with Crippen LogP contribution in [0.15, 0.2) is 36.9 Å². The Hall–Kier alpha value is -3.95. The average Bonchev–Trinajstić information content (AvgIpc) is 3.95. The minimum absolute atomic E-state index is 0.245. The highest BCUT2D eigenvalue weighted by molar-refractivity contribution is 7.12. The number of pyridine rings is 1. The number of thiazole rings is 2. The Morgan fingerprint density at radius 2 is 1.10 bits per heavy atom. The maximum Gasteiger partial charge on any atom is 0.227 e. The van der Waals surface area contributed by atoms with Crippen LogP contribution in [0.25, 0.3) is 0 Å². The van der Waals surface area contributed by atoms with Crippen LogP contribution in [0.5, 0.6) is 0 Å². The zero-order valence-corrected chi connectivity index (χ0v) is 42.1. The van der Waals surface area contributed by atoms with Gasteiger partial charge >= 0.3 is 0 Å². The third-order valence-corrected chi connectivity index (χ3v) is 12.3. The molecule has 5 heterocycles. The third kappa shape index (κ3) is 18.3. The van der Waals surface area contributed by atoms with E-state index in [2.05, 4.69) is 170 Å². The Bertz CT molecular complexity index is 1870. The van der Waals surface area contributed by atoms with E-state index in [-0.39, 0.29) is 11.9 Å². The fraction of sp³-hybridized carbons (Fsp3) is 0.625. The maximum atomic E-state index is 13.1. The van der Waals surface area contributed by atoms with Gasteiger partial charge < -0.3 is 0 Å². The van der Waals surface area contributed by atoms with E-state index in [0.717, 1.165) is 31.3 Å². The summed E-state index contributed by atoms with van der Waals surface area (Å²) in [5, 5.41) is 23.2. The SMILES string of the molecule is CC(C)c1ccnc(C(C)C)c1.CC(C)c1cnnc(C(C)C)c1.CC(C)c1nc(C#N)c(C(C)C)s1.CC(C)c1nc(F)c(C(C)C)s1.CC(C)c1ncn(C(C)C)n1. The van der Waals surface area contributed by atoms with Crippen molar-refractivity contribution in [3.05, 3.63) is 96.7 Å². The molecule has 0 saturated heterocycles. The van der Waals surface area contributed by atoms with Gasteiger partial charge in [-0.1, -0.05) is 125 Å². The van der Waals surface area contributed by atoms with Crippen molar-refractivity contribution in [3.8, 4) is 6.07 Å². The van der Waals surface area contributed by atoms with Crippen LogP contribution in [-0.2, 0) is 0 Å². The van der Waals surface area contributed by atoms with E-state index in [4.69, 9.17) is 5.26 Å². The number of halogens is 1. The molecule has 0 N–H and O–H groups in total. The van der Waals surface area contributed by atoms with E-state index in [1.165, 1.54) is 28.2 Å². The van der Waals surface area contributed by atoms with Gasteiger partial charge in [0.05, 0.1) is 26.8 Å². The van der Waals surface area contributed by atoms with Gasteiger partial charge in [-0.2, -0.15) is 24.9 Å². The first-order valence-electron chi connectivity index (χ1n) is 21.7. The van der Waals surface area contributed by atoms with Gasteiger partial charge in [0.15, 0.2) is 11.5 Å². The highest BCUT2D eigenvalue weighted by Gasteiger charge is 2.16. The summed E-state index contributed by atoms with van der Waals surface area (Å²) in [6.07, 6.45) is 5.54. The average molecular weight is 862 g/mol. The first-order valence-corrected chi connectivity index (χ1v) is 23.3. The van der Waals surface area contributed by atoms with Crippen LogP contribution in [-0.4, -0.2) is 39.9 Å². The third-order valence-electron chi connectivity index (χ3n) is 9.03. The minimum Gasteiger partial charge on any atom is -0.261 e. The molecule has 0 atom stereocenters. The Balaban J connectivity index is 0.000000375. The molecule has 0 amide bonds. The molecule has 0 aliphatic heterocycles. The van der Waals surface area contributed by atoms with E-state index in [1.54, 1.807) is 17.7 Å². The molecule has 0 fully saturated rings. The van der Waals surface area contributed by atoms with Gasteiger partial charge in [-0.15, -0.1) is 22.7 Å². The molecule has 0 unspecified atom stereocenters. The van der Waals surface area contributed by atoms with Crippen LogP contribution in [0.2, 0.25) is 0 Å². The standard InChI is InChI=1S/C11H17N.C10H14N2S.C10H16N2.C9H14FNS.C8H15N3/c1-8(2)10-5-6-12-11(7-10)9(3)4;1-6(2)9-8(5-11)12-10(13-9)7(3)4;1-7(2)9-5-10(8(3)4)12-11-6-9;1-5(2)7-8(10)11-9(12-7)6(3)4;1-6(2)8-9-5-11(10-8)7(3)4/h5-9H,1-4H3;6-7H,1-4H3;5-8H,1-4H3;5-6H,1-4H3;5-7H,1-4H3. The van der Waals surface area contributed by atoms with Gasteiger partial charge in [0.1, 0.15) is 12.4 Å². The highest BCUT2D eigenvalue weighted by atomic mass is 32.1. The van der Waals surface area contributed by atoms with Crippen molar-refractivity contribution >= 4 is 22.7 Å². The number of nitrogens with zero attached hydrogens (tertiary/aromatic N) is 9. The lowest BCUT2D eigenvalue weighted by Crippen LogP contribution is -2.02. The first-order chi connectivity index (χ1) is 27.9. The van der Waals surface area contributed by atoms with Crippen molar-refractivity contribution < 1.29 is 4.39 Å². The van der Waals surface area contributed by atoms with E-state index in [1.807, 2.05) is 44.8 Å². The van der Waals surface area contributed by atoms with Gasteiger partial charge in [-0.25, -0.2) is 15.0 Å². The van der Waals surface area contributed by atoms with E-state index < -0.39 is 0 Å². The Kier molecular flexibility index (Phi) is 23.8. The second kappa shape index (κ2) is 26.4. The fourth-order valence-corrected chi connectivity index (χ4v) is 6.91. The molecule has 0 bridgehead atoms. The molecule has 0 radical (unpaired) electrons. The zero-order valence-electron chi connectivity index (χ0n) is 40.5. The molecule has 0 aromatic carbocycles. The summed E-state index contributed by atoms with van der Waals surface area (Å²) >= 11 is 3.16. The topological polar surface area (TPSA) is 119 Å². The second-order valence-electron chi connectivity index (χ2n) is 18.1. The monoisotopic (exact) mass is 862 g/mol. The molecule has 5 aromatic heterocycles. The molecular formula is C48H76FN9S2. The number of hydrogen-bond acceptors (Lipinski definition) is 10. The van der Waals surface area contributed by atoms with Crippen LogP contribution in [0.3, 0.4) is 0 Å². The number of nitriles is 1. The quantitative estimate of drug-likeness (QED) is 0.136. The summed E-state index contributed by atoms with van der Waals surface area (Å²) < 4.78 is 15.0. The van der Waals surface area contributed by atoms with Crippen LogP contribution < -0.4 is 0 Å². The van der Waals surface area contributed by atoms with Crippen molar-refractivity contribution in [3.63, 3.8) is 0 Å². The number of hydrogen-bond donors (Lipinski definition) is 0. The van der Waals surface area contributed by atoms with Crippen LogP contribution in [0, 0.1) is 17.3 Å². The summed E-state index contributed by atoms with van der Waals surface area (Å²) in [4.78, 5) is 18.6. The van der Waals surface area contributed by atoms with Gasteiger partial charge in [0.2, 0.25) is 5.95 Å². The van der Waals surface area contributed by atoms with Gasteiger partial charge in [-0.3, -0.25) is 9.67 Å². The highest BCUT2D eigenvalue weighted by Crippen LogP contribution is 2.31. The first kappa shape index (κ1) is 54.1. The largest absolute Gasteiger partial charge is 0.261 e. The number of aromatic nitrogens is 8. The molecular weight excluding hydrogens is 786 g/mol. The predicted octanol–water partition coefficient (Wildman–Crippen LogP) is 14.8. The van der Waals surface area contributed by atoms with Crippen molar-refractivity contribution in [1.82, 2.24) is 39.9 Å². The Morgan fingerprint density at radius 3 is 1.47 bits per heavy atom. The molecule has 12 heteroatoms. The molecule has 0 saturated carbocycles. The van der Waals surface area contributed by atoms with Gasteiger partial charge in [0.25, 0.3) is 0 Å². The lowest BCUT2D eigenvalue weighted by atomic mass is 10.0. The molecule has 0 aliphatic rings. The smallest absolute Gasteiger partial charge is 0.227 e. The molecule has 0 spiro atoms. The van der Waals surface area contributed by atoms with E-state index in [0.29, 0.717) is 59.1 Å². The van der Waals surface area contributed by atoms with Crippen LogP contribution in [0.4, 0.5) is 4.39 Å².